The van der Waals surface area contributed by atoms with Crippen molar-refractivity contribution in [2.24, 2.45) is 0 Å². The zero-order valence-electron chi connectivity index (χ0n) is 12.8. The van der Waals surface area contributed by atoms with Crippen LogP contribution in [0, 0.1) is 6.92 Å². The summed E-state index contributed by atoms with van der Waals surface area (Å²) in [5.41, 5.74) is 1.72. The molecule has 0 aliphatic heterocycles. The third-order valence-corrected chi connectivity index (χ3v) is 2.62. The summed E-state index contributed by atoms with van der Waals surface area (Å²) in [6.45, 7) is 5.16. The summed E-state index contributed by atoms with van der Waals surface area (Å²) in [6.07, 6.45) is 3.47. The normalized spacial score (nSPS) is 10.3. The minimum atomic E-state index is 0.507. The van der Waals surface area contributed by atoms with Crippen molar-refractivity contribution in [3.8, 4) is 0 Å². The number of aryl methyl sites for hydroxylation is 1. The van der Waals surface area contributed by atoms with Crippen molar-refractivity contribution in [3.05, 3.63) is 23.8 Å². The van der Waals surface area contributed by atoms with Crippen LogP contribution in [0.3, 0.4) is 0 Å². The molecular weight excluding hydrogens is 268 g/mol. The minimum absolute atomic E-state index is 0.507. The highest BCUT2D eigenvalue weighted by Gasteiger charge is 2.07. The van der Waals surface area contributed by atoms with Gasteiger partial charge in [0.1, 0.15) is 0 Å². The van der Waals surface area contributed by atoms with Gasteiger partial charge in [-0.25, -0.2) is 0 Å². The fourth-order valence-electron chi connectivity index (χ4n) is 1.56. The van der Waals surface area contributed by atoms with Crippen molar-refractivity contribution < 1.29 is 0 Å². The van der Waals surface area contributed by atoms with E-state index in [9.17, 15) is 0 Å². The lowest BCUT2D eigenvalue weighted by atomic mass is 10.4. The maximum Gasteiger partial charge on any atom is 0.231 e. The monoisotopic (exact) mass is 288 g/mol. The average Bonchev–Trinajstić information content (AvgIpc) is 2.47. The van der Waals surface area contributed by atoms with Crippen LogP contribution in [0.2, 0.25) is 0 Å². The smallest absolute Gasteiger partial charge is 0.231 e. The molecule has 0 saturated heterocycles. The van der Waals surface area contributed by atoms with Crippen LogP contribution in [-0.2, 0) is 6.54 Å². The van der Waals surface area contributed by atoms with E-state index in [0.717, 1.165) is 17.9 Å². The van der Waals surface area contributed by atoms with Crippen molar-refractivity contribution in [1.82, 2.24) is 24.9 Å². The average molecular weight is 288 g/mol. The molecule has 8 heteroatoms. The first kappa shape index (κ1) is 14.9. The predicted octanol–water partition coefficient (Wildman–Crippen LogP) is 1.08. The topological polar surface area (TPSA) is 91.8 Å². The second kappa shape index (κ2) is 6.78. The van der Waals surface area contributed by atoms with Gasteiger partial charge < -0.3 is 15.5 Å². The summed E-state index contributed by atoms with van der Waals surface area (Å²) < 4.78 is 0. The van der Waals surface area contributed by atoms with E-state index in [4.69, 9.17) is 0 Å². The van der Waals surface area contributed by atoms with E-state index in [0.29, 0.717) is 24.4 Å². The van der Waals surface area contributed by atoms with Crippen molar-refractivity contribution in [2.45, 2.75) is 20.4 Å². The van der Waals surface area contributed by atoms with E-state index < -0.39 is 0 Å². The Kier molecular flexibility index (Phi) is 4.81. The fraction of sp³-hybridized carbons (Fsp3) is 0.462. The molecule has 0 aromatic carbocycles. The molecular formula is C13H20N8. The summed E-state index contributed by atoms with van der Waals surface area (Å²) >= 11 is 0. The molecule has 2 N–H and O–H groups in total. The van der Waals surface area contributed by atoms with Gasteiger partial charge in [-0.2, -0.15) is 15.0 Å². The number of hydrogen-bond donors (Lipinski definition) is 2. The molecule has 0 bridgehead atoms. The first-order valence-corrected chi connectivity index (χ1v) is 6.77. The van der Waals surface area contributed by atoms with Crippen molar-refractivity contribution in [1.29, 1.82) is 0 Å². The summed E-state index contributed by atoms with van der Waals surface area (Å²) in [7, 11) is 3.78. The molecule has 0 atom stereocenters. The second-order valence-corrected chi connectivity index (χ2v) is 4.71. The highest BCUT2D eigenvalue weighted by Crippen LogP contribution is 2.11. The summed E-state index contributed by atoms with van der Waals surface area (Å²) in [6, 6.07) is 0. The molecule has 112 valence electrons. The van der Waals surface area contributed by atoms with Gasteiger partial charge in [-0.1, -0.05) is 0 Å². The third-order valence-electron chi connectivity index (χ3n) is 2.62. The molecule has 21 heavy (non-hydrogen) atoms. The Bertz CT molecular complexity index is 581. The number of rotatable bonds is 6. The molecule has 0 fully saturated rings. The van der Waals surface area contributed by atoms with Crippen LogP contribution in [-0.4, -0.2) is 45.6 Å². The highest BCUT2D eigenvalue weighted by molar-refractivity contribution is 5.42. The largest absolute Gasteiger partial charge is 0.354 e. The Balaban J connectivity index is 2.12. The first-order chi connectivity index (χ1) is 10.1. The lowest BCUT2D eigenvalue weighted by molar-refractivity contribution is 0.919. The zero-order valence-corrected chi connectivity index (χ0v) is 12.8. The van der Waals surface area contributed by atoms with Gasteiger partial charge in [0.25, 0.3) is 0 Å². The van der Waals surface area contributed by atoms with E-state index in [1.807, 2.05) is 32.8 Å². The Morgan fingerprint density at radius 1 is 1.00 bits per heavy atom. The van der Waals surface area contributed by atoms with Gasteiger partial charge in [0.05, 0.1) is 24.1 Å². The lowest BCUT2D eigenvalue weighted by Gasteiger charge is -2.13. The Labute approximate surface area is 124 Å². The second-order valence-electron chi connectivity index (χ2n) is 4.71. The molecule has 0 spiro atoms. The number of anilines is 3. The standard InChI is InChI=1S/C13H20N8/c1-5-14-11-18-12(20-13(19-11)21(3)4)17-8-10-7-15-9(2)6-16-10/h6-7H,5,8H2,1-4H3,(H2,14,17,18,19,20). The Hall–Kier alpha value is -2.51. The molecule has 2 heterocycles. The van der Waals surface area contributed by atoms with Crippen LogP contribution in [0.5, 0.6) is 0 Å². The van der Waals surface area contributed by atoms with Gasteiger partial charge in [-0.15, -0.1) is 0 Å². The predicted molar refractivity (Wildman–Crippen MR) is 82.4 cm³/mol. The summed E-state index contributed by atoms with van der Waals surface area (Å²) in [5.74, 6) is 1.65. The zero-order chi connectivity index (χ0) is 15.2. The fourth-order valence-corrected chi connectivity index (χ4v) is 1.56. The summed E-state index contributed by atoms with van der Waals surface area (Å²) in [4.78, 5) is 23.3. The van der Waals surface area contributed by atoms with Crippen LogP contribution < -0.4 is 15.5 Å². The van der Waals surface area contributed by atoms with Crippen molar-refractivity contribution >= 4 is 17.8 Å². The number of hydrogen-bond acceptors (Lipinski definition) is 8. The molecule has 2 rings (SSSR count). The third kappa shape index (κ3) is 4.23. The van der Waals surface area contributed by atoms with E-state index in [1.165, 1.54) is 0 Å². The van der Waals surface area contributed by atoms with Gasteiger partial charge in [-0.05, 0) is 13.8 Å². The van der Waals surface area contributed by atoms with E-state index in [1.54, 1.807) is 12.4 Å². The van der Waals surface area contributed by atoms with E-state index >= 15 is 0 Å². The van der Waals surface area contributed by atoms with Gasteiger partial charge >= 0.3 is 0 Å². The molecule has 0 saturated carbocycles. The maximum atomic E-state index is 4.35. The van der Waals surface area contributed by atoms with Gasteiger partial charge in [0.2, 0.25) is 17.8 Å². The van der Waals surface area contributed by atoms with Crippen LogP contribution >= 0.6 is 0 Å². The number of nitrogens with zero attached hydrogens (tertiary/aromatic N) is 6. The lowest BCUT2D eigenvalue weighted by Crippen LogP contribution is -2.17. The van der Waals surface area contributed by atoms with Gasteiger partial charge in [0.15, 0.2) is 0 Å². The van der Waals surface area contributed by atoms with Crippen molar-refractivity contribution in [2.75, 3.05) is 36.2 Å². The van der Waals surface area contributed by atoms with E-state index in [2.05, 4.69) is 35.6 Å². The summed E-state index contributed by atoms with van der Waals surface area (Å²) in [5, 5.41) is 6.24. The minimum Gasteiger partial charge on any atom is -0.354 e. The molecule has 0 aliphatic rings. The van der Waals surface area contributed by atoms with Crippen LogP contribution in [0.1, 0.15) is 18.3 Å². The molecule has 8 nitrogen and oxygen atoms in total. The Morgan fingerprint density at radius 2 is 1.71 bits per heavy atom. The quantitative estimate of drug-likeness (QED) is 0.816. The molecule has 0 amide bonds. The molecule has 2 aromatic heterocycles. The molecule has 0 unspecified atom stereocenters. The number of nitrogens with one attached hydrogen (secondary N) is 2. The van der Waals surface area contributed by atoms with Gasteiger partial charge in [0, 0.05) is 26.8 Å². The van der Waals surface area contributed by atoms with Crippen LogP contribution in [0.4, 0.5) is 17.8 Å². The van der Waals surface area contributed by atoms with Crippen molar-refractivity contribution in [3.63, 3.8) is 0 Å². The van der Waals surface area contributed by atoms with Crippen LogP contribution in [0.25, 0.3) is 0 Å². The highest BCUT2D eigenvalue weighted by atomic mass is 15.3. The van der Waals surface area contributed by atoms with E-state index in [-0.39, 0.29) is 0 Å². The SMILES string of the molecule is CCNc1nc(NCc2cnc(C)cn2)nc(N(C)C)n1. The molecule has 0 radical (unpaired) electrons. The van der Waals surface area contributed by atoms with Gasteiger partial charge in [-0.3, -0.25) is 9.97 Å². The number of aromatic nitrogens is 5. The maximum absolute atomic E-state index is 4.35. The van der Waals surface area contributed by atoms with Crippen LogP contribution in [0.15, 0.2) is 12.4 Å². The Morgan fingerprint density at radius 3 is 2.29 bits per heavy atom. The first-order valence-electron chi connectivity index (χ1n) is 6.77. The molecule has 0 aliphatic carbocycles. The molecule has 2 aromatic rings.